The molecule has 0 aliphatic heterocycles. The molecule has 0 aliphatic carbocycles. The summed E-state index contributed by atoms with van der Waals surface area (Å²) in [7, 11) is 1.85. The molecule has 0 unspecified atom stereocenters. The van der Waals surface area contributed by atoms with Crippen molar-refractivity contribution >= 4 is 28.3 Å². The second-order valence-electron chi connectivity index (χ2n) is 2.48. The summed E-state index contributed by atoms with van der Waals surface area (Å²) in [6.45, 7) is 0. The summed E-state index contributed by atoms with van der Waals surface area (Å²) in [4.78, 5) is 7.26. The molecule has 0 atom stereocenters. The zero-order valence-corrected chi connectivity index (χ0v) is 7.31. The van der Waals surface area contributed by atoms with Crippen molar-refractivity contribution in [1.29, 1.82) is 0 Å². The van der Waals surface area contributed by atoms with E-state index >= 15 is 0 Å². The van der Waals surface area contributed by atoms with Crippen molar-refractivity contribution in [2.24, 2.45) is 0 Å². The molecule has 0 aromatic carbocycles. The maximum Gasteiger partial charge on any atom is 0.130 e. The Kier molecular flexibility index (Phi) is 1.66. The van der Waals surface area contributed by atoms with Crippen molar-refractivity contribution in [3.05, 3.63) is 23.5 Å². The number of aromatic nitrogens is 2. The van der Waals surface area contributed by atoms with Gasteiger partial charge in [-0.2, -0.15) is 0 Å². The Balaban J connectivity index is 2.75. The van der Waals surface area contributed by atoms with Gasteiger partial charge in [0.2, 0.25) is 0 Å². The summed E-state index contributed by atoms with van der Waals surface area (Å²) >= 11 is 5.75. The van der Waals surface area contributed by atoms with Gasteiger partial charge in [-0.1, -0.05) is 11.6 Å². The first-order valence-corrected chi connectivity index (χ1v) is 4.00. The molecule has 3 nitrogen and oxygen atoms in total. The molecule has 12 heavy (non-hydrogen) atoms. The van der Waals surface area contributed by atoms with Gasteiger partial charge < -0.3 is 10.3 Å². The molecule has 0 amide bonds. The molecule has 0 radical (unpaired) electrons. The van der Waals surface area contributed by atoms with Gasteiger partial charge in [-0.3, -0.25) is 0 Å². The fourth-order valence-corrected chi connectivity index (χ4v) is 1.31. The number of anilines is 1. The first kappa shape index (κ1) is 7.43. The third-order valence-corrected chi connectivity index (χ3v) is 1.97. The summed E-state index contributed by atoms with van der Waals surface area (Å²) in [5.41, 5.74) is 2.83. The Morgan fingerprint density at radius 2 is 2.33 bits per heavy atom. The van der Waals surface area contributed by atoms with Crippen molar-refractivity contribution < 1.29 is 0 Å². The number of nitrogens with one attached hydrogen (secondary N) is 2. The monoisotopic (exact) mass is 181 g/mol. The Hall–Kier alpha value is -1.22. The minimum Gasteiger partial charge on any atom is -0.385 e. The molecule has 0 saturated carbocycles. The van der Waals surface area contributed by atoms with Crippen LogP contribution in [-0.4, -0.2) is 17.0 Å². The van der Waals surface area contributed by atoms with Crippen molar-refractivity contribution in [2.45, 2.75) is 0 Å². The Labute approximate surface area is 74.8 Å². The van der Waals surface area contributed by atoms with Crippen LogP contribution in [0.1, 0.15) is 0 Å². The first-order chi connectivity index (χ1) is 5.81. The molecule has 0 aliphatic rings. The lowest BCUT2D eigenvalue weighted by Crippen LogP contribution is -1.86. The molecular formula is C8H8ClN3. The molecule has 0 saturated heterocycles. The van der Waals surface area contributed by atoms with E-state index in [9.17, 15) is 0 Å². The highest BCUT2D eigenvalue weighted by Gasteiger charge is 2.02. The fourth-order valence-electron chi connectivity index (χ4n) is 1.17. The van der Waals surface area contributed by atoms with Crippen LogP contribution in [0.2, 0.25) is 5.15 Å². The van der Waals surface area contributed by atoms with E-state index in [1.807, 2.05) is 19.3 Å². The number of hydrogen-bond acceptors (Lipinski definition) is 2. The molecule has 2 heterocycles. The number of halogens is 1. The normalized spacial score (nSPS) is 10.5. The van der Waals surface area contributed by atoms with Gasteiger partial charge >= 0.3 is 0 Å². The quantitative estimate of drug-likeness (QED) is 0.663. The topological polar surface area (TPSA) is 40.7 Å². The molecule has 0 bridgehead atoms. The van der Waals surface area contributed by atoms with Crippen LogP contribution in [0.4, 0.5) is 5.69 Å². The van der Waals surface area contributed by atoms with Gasteiger partial charge in [0.05, 0.1) is 11.2 Å². The zero-order chi connectivity index (χ0) is 8.55. The predicted molar refractivity (Wildman–Crippen MR) is 50.7 cm³/mol. The van der Waals surface area contributed by atoms with Crippen LogP contribution in [0.3, 0.4) is 0 Å². The van der Waals surface area contributed by atoms with E-state index in [0.717, 1.165) is 16.7 Å². The summed E-state index contributed by atoms with van der Waals surface area (Å²) in [6, 6.07) is 3.67. The Morgan fingerprint density at radius 1 is 1.50 bits per heavy atom. The lowest BCUT2D eigenvalue weighted by molar-refractivity contribution is 1.40. The highest BCUT2D eigenvalue weighted by molar-refractivity contribution is 6.29. The zero-order valence-electron chi connectivity index (χ0n) is 6.56. The summed E-state index contributed by atoms with van der Waals surface area (Å²) in [5, 5.41) is 3.54. The molecule has 62 valence electrons. The molecule has 2 aromatic rings. The average molecular weight is 182 g/mol. The van der Waals surface area contributed by atoms with Gasteiger partial charge in [-0.25, -0.2) is 4.98 Å². The molecule has 2 N–H and O–H groups in total. The third-order valence-electron chi connectivity index (χ3n) is 1.76. The standard InChI is InChI=1S/C8H8ClN3/c1-10-6-4-11-5-2-3-7(9)12-8(5)6/h2-4,10-11H,1H3. The van der Waals surface area contributed by atoms with E-state index in [1.54, 1.807) is 6.07 Å². The molecule has 0 fully saturated rings. The van der Waals surface area contributed by atoms with Crippen molar-refractivity contribution in [3.63, 3.8) is 0 Å². The van der Waals surface area contributed by atoms with Gasteiger partial charge in [-0.15, -0.1) is 0 Å². The second kappa shape index (κ2) is 2.68. The van der Waals surface area contributed by atoms with Gasteiger partial charge in [0.15, 0.2) is 0 Å². The van der Waals surface area contributed by atoms with Crippen LogP contribution in [0.15, 0.2) is 18.3 Å². The van der Waals surface area contributed by atoms with E-state index in [4.69, 9.17) is 11.6 Å². The van der Waals surface area contributed by atoms with Crippen LogP contribution in [0.5, 0.6) is 0 Å². The van der Waals surface area contributed by atoms with E-state index in [2.05, 4.69) is 15.3 Å². The maximum absolute atomic E-state index is 5.75. The number of pyridine rings is 1. The van der Waals surface area contributed by atoms with Gasteiger partial charge in [0.1, 0.15) is 10.7 Å². The van der Waals surface area contributed by atoms with E-state index < -0.39 is 0 Å². The minimum absolute atomic E-state index is 0.513. The van der Waals surface area contributed by atoms with Crippen molar-refractivity contribution in [2.75, 3.05) is 12.4 Å². The highest BCUT2D eigenvalue weighted by Crippen LogP contribution is 2.21. The lowest BCUT2D eigenvalue weighted by atomic mass is 10.3. The number of nitrogens with zero attached hydrogens (tertiary/aromatic N) is 1. The number of H-pyrrole nitrogens is 1. The lowest BCUT2D eigenvalue weighted by Gasteiger charge is -1.95. The maximum atomic E-state index is 5.75. The Bertz CT molecular complexity index is 408. The molecule has 2 rings (SSSR count). The van der Waals surface area contributed by atoms with Crippen LogP contribution in [0, 0.1) is 0 Å². The van der Waals surface area contributed by atoms with E-state index in [-0.39, 0.29) is 0 Å². The smallest absolute Gasteiger partial charge is 0.130 e. The fraction of sp³-hybridized carbons (Fsp3) is 0.125. The van der Waals surface area contributed by atoms with E-state index in [1.165, 1.54) is 0 Å². The summed E-state index contributed by atoms with van der Waals surface area (Å²) in [5.74, 6) is 0. The predicted octanol–water partition coefficient (Wildman–Crippen LogP) is 2.26. The van der Waals surface area contributed by atoms with Gasteiger partial charge in [0.25, 0.3) is 0 Å². The average Bonchev–Trinajstić information content (AvgIpc) is 2.46. The number of fused-ring (bicyclic) bond motifs is 1. The molecular weight excluding hydrogens is 174 g/mol. The third kappa shape index (κ3) is 1.02. The first-order valence-electron chi connectivity index (χ1n) is 3.62. The Morgan fingerprint density at radius 3 is 3.08 bits per heavy atom. The largest absolute Gasteiger partial charge is 0.385 e. The van der Waals surface area contributed by atoms with Crippen LogP contribution in [-0.2, 0) is 0 Å². The molecule has 4 heteroatoms. The minimum atomic E-state index is 0.513. The van der Waals surface area contributed by atoms with Crippen LogP contribution in [0.25, 0.3) is 11.0 Å². The highest BCUT2D eigenvalue weighted by atomic mass is 35.5. The van der Waals surface area contributed by atoms with E-state index in [0.29, 0.717) is 5.15 Å². The van der Waals surface area contributed by atoms with Crippen LogP contribution >= 0.6 is 11.6 Å². The van der Waals surface area contributed by atoms with Crippen molar-refractivity contribution in [3.8, 4) is 0 Å². The number of hydrogen-bond donors (Lipinski definition) is 2. The van der Waals surface area contributed by atoms with Crippen LogP contribution < -0.4 is 5.32 Å². The van der Waals surface area contributed by atoms with Crippen molar-refractivity contribution in [1.82, 2.24) is 9.97 Å². The number of aromatic amines is 1. The SMILES string of the molecule is CNc1c[nH]c2ccc(Cl)nc12. The van der Waals surface area contributed by atoms with Gasteiger partial charge in [0, 0.05) is 13.2 Å². The number of rotatable bonds is 1. The summed E-state index contributed by atoms with van der Waals surface area (Å²) in [6.07, 6.45) is 1.87. The second-order valence-corrected chi connectivity index (χ2v) is 2.87. The summed E-state index contributed by atoms with van der Waals surface area (Å²) < 4.78 is 0. The molecule has 0 spiro atoms. The van der Waals surface area contributed by atoms with Gasteiger partial charge in [-0.05, 0) is 12.1 Å². The molecule has 2 aromatic heterocycles.